The molecule has 0 bridgehead atoms. The number of aliphatic hydroxyl groups is 1. The molecule has 4 rings (SSSR count). The molecule has 1 unspecified atom stereocenters. The highest BCUT2D eigenvalue weighted by molar-refractivity contribution is 6.51. The first-order valence-corrected chi connectivity index (χ1v) is 11.3. The van der Waals surface area contributed by atoms with Crippen LogP contribution in [-0.4, -0.2) is 43.9 Å². The third kappa shape index (κ3) is 4.53. The molecule has 1 aliphatic rings. The summed E-state index contributed by atoms with van der Waals surface area (Å²) in [5.74, 6) is -1.72. The van der Waals surface area contributed by atoms with Gasteiger partial charge in [-0.1, -0.05) is 24.3 Å². The third-order valence-corrected chi connectivity index (χ3v) is 6.00. The van der Waals surface area contributed by atoms with Crippen molar-refractivity contribution in [3.05, 3.63) is 89.5 Å². The van der Waals surface area contributed by atoms with Crippen LogP contribution in [0.5, 0.6) is 5.75 Å². The molecule has 1 saturated heterocycles. The van der Waals surface area contributed by atoms with Gasteiger partial charge in [-0.25, -0.2) is 0 Å². The second-order valence-electron chi connectivity index (χ2n) is 8.58. The van der Waals surface area contributed by atoms with Crippen LogP contribution in [0, 0.1) is 0 Å². The quantitative estimate of drug-likeness (QED) is 0.306. The van der Waals surface area contributed by atoms with E-state index in [9.17, 15) is 19.5 Å². The molecular formula is C28H27N3O5. The topological polar surface area (TPSA) is 99.2 Å². The zero-order valence-corrected chi connectivity index (χ0v) is 20.5. The van der Waals surface area contributed by atoms with Crippen molar-refractivity contribution in [2.75, 3.05) is 36.3 Å². The van der Waals surface area contributed by atoms with Crippen LogP contribution in [0.25, 0.3) is 5.76 Å². The minimum Gasteiger partial charge on any atom is -0.507 e. The summed E-state index contributed by atoms with van der Waals surface area (Å²) < 4.78 is 5.38. The molecule has 3 aromatic rings. The number of carbonyl (C=O) groups is 3. The second-order valence-corrected chi connectivity index (χ2v) is 8.58. The summed E-state index contributed by atoms with van der Waals surface area (Å²) in [6.45, 7) is 1.40. The molecule has 1 aliphatic heterocycles. The number of hydrogen-bond donors (Lipinski definition) is 2. The summed E-state index contributed by atoms with van der Waals surface area (Å²) in [5, 5.41) is 14.0. The molecule has 1 atom stereocenters. The number of hydrogen-bond acceptors (Lipinski definition) is 6. The molecule has 36 heavy (non-hydrogen) atoms. The van der Waals surface area contributed by atoms with Gasteiger partial charge in [-0.15, -0.1) is 0 Å². The first-order valence-electron chi connectivity index (χ1n) is 11.3. The molecule has 184 valence electrons. The Morgan fingerprint density at radius 2 is 1.61 bits per heavy atom. The van der Waals surface area contributed by atoms with Crippen molar-refractivity contribution in [2.24, 2.45) is 0 Å². The van der Waals surface area contributed by atoms with Gasteiger partial charge in [-0.2, -0.15) is 0 Å². The lowest BCUT2D eigenvalue weighted by molar-refractivity contribution is -0.132. The number of carbonyl (C=O) groups excluding carboxylic acids is 3. The van der Waals surface area contributed by atoms with E-state index in [4.69, 9.17) is 4.74 Å². The summed E-state index contributed by atoms with van der Waals surface area (Å²) in [6, 6.07) is 20.0. The number of Topliss-reactive ketones (excluding diaryl/α,β-unsaturated/α-hetero) is 1. The van der Waals surface area contributed by atoms with Crippen LogP contribution in [0.1, 0.15) is 24.1 Å². The van der Waals surface area contributed by atoms with Crippen LogP contribution in [0.15, 0.2) is 78.4 Å². The fraction of sp³-hybridized carbons (Fsp3) is 0.179. The largest absolute Gasteiger partial charge is 0.507 e. The minimum atomic E-state index is -0.877. The van der Waals surface area contributed by atoms with Crippen LogP contribution in [0.3, 0.4) is 0 Å². The first kappa shape index (κ1) is 24.5. The summed E-state index contributed by atoms with van der Waals surface area (Å²) in [6.07, 6.45) is 0. The van der Waals surface area contributed by atoms with E-state index in [1.54, 1.807) is 48.5 Å². The molecule has 3 aromatic carbocycles. The first-order chi connectivity index (χ1) is 17.2. The van der Waals surface area contributed by atoms with Gasteiger partial charge >= 0.3 is 0 Å². The fourth-order valence-corrected chi connectivity index (χ4v) is 4.26. The standard InChI is InChI=1S/C28H27N3O5/c1-17(32)29-19-11-15-21(16-12-19)31-25(18-9-13-20(14-10-18)30(2)3)24(27(34)28(31)35)26(33)22-7-5-6-8-23(22)36-4/h5-16,25,33H,1-4H3,(H,29,32)/b26-24-. The Bertz CT molecular complexity index is 1340. The number of anilines is 3. The Hall–Kier alpha value is -4.59. The molecule has 8 heteroatoms. The SMILES string of the molecule is COc1ccccc1/C(O)=C1/C(=O)C(=O)N(c2ccc(NC(C)=O)cc2)C1c1ccc(N(C)C)cc1. The number of nitrogens with one attached hydrogen (secondary N) is 1. The Kier molecular flexibility index (Phi) is 6.78. The Labute approximate surface area is 209 Å². The van der Waals surface area contributed by atoms with Crippen LogP contribution >= 0.6 is 0 Å². The molecular weight excluding hydrogens is 458 g/mol. The number of methoxy groups -OCH3 is 1. The lowest BCUT2D eigenvalue weighted by atomic mass is 9.94. The number of para-hydroxylation sites is 1. The maximum atomic E-state index is 13.4. The highest BCUT2D eigenvalue weighted by atomic mass is 16.5. The molecule has 0 aliphatic carbocycles. The molecule has 0 radical (unpaired) electrons. The average molecular weight is 486 g/mol. The summed E-state index contributed by atoms with van der Waals surface area (Å²) in [5.41, 5.74) is 2.89. The zero-order chi connectivity index (χ0) is 26.0. The Morgan fingerprint density at radius 1 is 0.972 bits per heavy atom. The molecule has 0 saturated carbocycles. The van der Waals surface area contributed by atoms with Crippen molar-refractivity contribution in [1.82, 2.24) is 0 Å². The van der Waals surface area contributed by atoms with E-state index in [2.05, 4.69) is 5.32 Å². The lowest BCUT2D eigenvalue weighted by Gasteiger charge is -2.26. The van der Waals surface area contributed by atoms with Crippen molar-refractivity contribution in [2.45, 2.75) is 13.0 Å². The molecule has 2 amide bonds. The summed E-state index contributed by atoms with van der Waals surface area (Å²) in [7, 11) is 5.30. The van der Waals surface area contributed by atoms with Gasteiger partial charge in [-0.05, 0) is 54.1 Å². The van der Waals surface area contributed by atoms with Gasteiger partial charge in [0.25, 0.3) is 11.7 Å². The summed E-state index contributed by atoms with van der Waals surface area (Å²) >= 11 is 0. The van der Waals surface area contributed by atoms with E-state index < -0.39 is 17.7 Å². The van der Waals surface area contributed by atoms with Crippen molar-refractivity contribution in [3.63, 3.8) is 0 Å². The van der Waals surface area contributed by atoms with Gasteiger partial charge in [0.1, 0.15) is 11.5 Å². The highest BCUT2D eigenvalue weighted by Crippen LogP contribution is 2.43. The van der Waals surface area contributed by atoms with Gasteiger partial charge in [0.2, 0.25) is 5.91 Å². The van der Waals surface area contributed by atoms with Crippen molar-refractivity contribution < 1.29 is 24.2 Å². The van der Waals surface area contributed by atoms with Crippen molar-refractivity contribution >= 4 is 40.4 Å². The zero-order valence-electron chi connectivity index (χ0n) is 20.5. The normalized spacial score (nSPS) is 16.7. The van der Waals surface area contributed by atoms with Crippen molar-refractivity contribution in [1.29, 1.82) is 0 Å². The lowest BCUT2D eigenvalue weighted by Crippen LogP contribution is -2.29. The van der Waals surface area contributed by atoms with E-state index in [0.29, 0.717) is 28.3 Å². The molecule has 1 fully saturated rings. The maximum Gasteiger partial charge on any atom is 0.300 e. The Balaban J connectivity index is 1.90. The fourth-order valence-electron chi connectivity index (χ4n) is 4.26. The smallest absolute Gasteiger partial charge is 0.300 e. The van der Waals surface area contributed by atoms with E-state index in [1.807, 2.05) is 43.3 Å². The number of nitrogens with zero attached hydrogens (tertiary/aromatic N) is 2. The molecule has 2 N–H and O–H groups in total. The summed E-state index contributed by atoms with van der Waals surface area (Å²) in [4.78, 5) is 41.4. The second kappa shape index (κ2) is 9.95. The Morgan fingerprint density at radius 3 is 2.19 bits per heavy atom. The number of rotatable bonds is 6. The minimum absolute atomic E-state index is 0.0342. The van der Waals surface area contributed by atoms with Crippen LogP contribution < -0.4 is 19.9 Å². The number of ether oxygens (including phenoxy) is 1. The van der Waals surface area contributed by atoms with Gasteiger partial charge in [0, 0.05) is 38.1 Å². The monoisotopic (exact) mass is 485 g/mol. The van der Waals surface area contributed by atoms with E-state index in [0.717, 1.165) is 5.69 Å². The predicted molar refractivity (Wildman–Crippen MR) is 139 cm³/mol. The number of benzene rings is 3. The van der Waals surface area contributed by atoms with Gasteiger partial charge < -0.3 is 20.1 Å². The molecule has 8 nitrogen and oxygen atoms in total. The van der Waals surface area contributed by atoms with E-state index in [1.165, 1.54) is 18.9 Å². The third-order valence-electron chi connectivity index (χ3n) is 6.00. The van der Waals surface area contributed by atoms with Crippen LogP contribution in [0.4, 0.5) is 17.1 Å². The molecule has 0 aromatic heterocycles. The van der Waals surface area contributed by atoms with E-state index in [-0.39, 0.29) is 17.2 Å². The van der Waals surface area contributed by atoms with Gasteiger partial charge in [0.05, 0.1) is 24.3 Å². The van der Waals surface area contributed by atoms with Crippen LogP contribution in [-0.2, 0) is 14.4 Å². The number of aliphatic hydroxyl groups excluding tert-OH is 1. The van der Waals surface area contributed by atoms with Crippen molar-refractivity contribution in [3.8, 4) is 5.75 Å². The van der Waals surface area contributed by atoms with E-state index >= 15 is 0 Å². The predicted octanol–water partition coefficient (Wildman–Crippen LogP) is 4.35. The highest BCUT2D eigenvalue weighted by Gasteiger charge is 2.47. The average Bonchev–Trinajstić information content (AvgIpc) is 3.14. The van der Waals surface area contributed by atoms with Crippen LogP contribution in [0.2, 0.25) is 0 Å². The molecule has 0 spiro atoms. The van der Waals surface area contributed by atoms with Gasteiger partial charge in [-0.3, -0.25) is 19.3 Å². The number of amides is 2. The molecule has 1 heterocycles. The maximum absolute atomic E-state index is 13.4. The van der Waals surface area contributed by atoms with Gasteiger partial charge in [0.15, 0.2) is 0 Å². The number of ketones is 1.